The third-order valence-corrected chi connectivity index (χ3v) is 7.67. The fourth-order valence-corrected chi connectivity index (χ4v) is 5.31. The van der Waals surface area contributed by atoms with Crippen molar-refractivity contribution in [3.8, 4) is 17.4 Å². The molecule has 48 heavy (non-hydrogen) atoms. The lowest BCUT2D eigenvalue weighted by molar-refractivity contribution is -0.130. The van der Waals surface area contributed by atoms with Crippen molar-refractivity contribution in [1.82, 2.24) is 15.0 Å². The molecule has 1 aliphatic heterocycles. The second kappa shape index (κ2) is 14.2. The van der Waals surface area contributed by atoms with Crippen molar-refractivity contribution in [2.24, 2.45) is 0 Å². The van der Waals surface area contributed by atoms with E-state index in [0.717, 1.165) is 17.4 Å². The summed E-state index contributed by atoms with van der Waals surface area (Å²) >= 11 is 0. The summed E-state index contributed by atoms with van der Waals surface area (Å²) in [5, 5.41) is 7.64. The number of hydroxylamine groups is 2. The zero-order valence-corrected chi connectivity index (χ0v) is 29.6. The maximum Gasteiger partial charge on any atom is 0.528 e. The van der Waals surface area contributed by atoms with Crippen LogP contribution in [0.4, 0.5) is 22.1 Å². The van der Waals surface area contributed by atoms with Crippen molar-refractivity contribution < 1.29 is 37.1 Å². The number of amides is 1. The Bertz CT molecular complexity index is 1770. The second-order valence-corrected chi connectivity index (χ2v) is 15.3. The lowest BCUT2D eigenvalue weighted by Crippen LogP contribution is -2.32. The molecule has 1 fully saturated rings. The summed E-state index contributed by atoms with van der Waals surface area (Å²) in [6.07, 6.45) is 2.53. The Labute approximate surface area is 281 Å². The quantitative estimate of drug-likeness (QED) is 0.218. The molecule has 14 nitrogen and oxygen atoms in total. The molecule has 15 heteroatoms. The van der Waals surface area contributed by atoms with Gasteiger partial charge in [-0.05, 0) is 74.9 Å². The highest BCUT2D eigenvalue weighted by molar-refractivity contribution is 7.92. The summed E-state index contributed by atoms with van der Waals surface area (Å²) in [7, 11) is -2.23. The van der Waals surface area contributed by atoms with Crippen LogP contribution in [0.2, 0.25) is 0 Å². The molecule has 1 amide bonds. The van der Waals surface area contributed by atoms with Gasteiger partial charge in [0.2, 0.25) is 21.9 Å². The molecule has 1 unspecified atom stereocenters. The van der Waals surface area contributed by atoms with Gasteiger partial charge in [-0.15, -0.1) is 5.06 Å². The highest BCUT2D eigenvalue weighted by atomic mass is 32.2. The van der Waals surface area contributed by atoms with Crippen LogP contribution in [0, 0.1) is 6.92 Å². The first kappa shape index (κ1) is 36.2. The third kappa shape index (κ3) is 10.2. The van der Waals surface area contributed by atoms with E-state index in [-0.39, 0.29) is 28.8 Å². The molecule has 2 aromatic carbocycles. The van der Waals surface area contributed by atoms with Crippen LogP contribution in [0.5, 0.6) is 17.4 Å². The summed E-state index contributed by atoms with van der Waals surface area (Å²) in [6, 6.07) is 9.98. The number of anilines is 3. The third-order valence-electron chi connectivity index (χ3n) is 7.07. The second-order valence-electron chi connectivity index (χ2n) is 13.6. The van der Waals surface area contributed by atoms with E-state index in [9.17, 15) is 18.0 Å². The Morgan fingerprint density at radius 1 is 1.02 bits per heavy atom. The molecule has 1 aromatic heterocycles. The number of hydrogen-bond donors (Lipinski definition) is 3. The SMILES string of the molecule is COc1c(NC(=O)c2ccc(C)c(Oc3ccnc(NC4CCN(OC(=O)OC(C)(C)C)C4)n3)c2)cc(C(C)(C)C)cc1NS(C)(=O)=O. The Hall–Kier alpha value is -4.63. The predicted octanol–water partition coefficient (Wildman–Crippen LogP) is 5.86. The maximum atomic E-state index is 13.5. The molecule has 0 radical (unpaired) electrons. The van der Waals surface area contributed by atoms with Crippen LogP contribution >= 0.6 is 0 Å². The summed E-state index contributed by atoms with van der Waals surface area (Å²) in [6.45, 7) is 14.0. The predicted molar refractivity (Wildman–Crippen MR) is 182 cm³/mol. The first-order chi connectivity index (χ1) is 22.3. The van der Waals surface area contributed by atoms with Gasteiger partial charge in [-0.1, -0.05) is 26.8 Å². The molecule has 260 valence electrons. The molecule has 0 aliphatic carbocycles. The number of benzene rings is 2. The topological polar surface area (TPSA) is 170 Å². The van der Waals surface area contributed by atoms with E-state index in [1.54, 1.807) is 63.4 Å². The fraction of sp³-hybridized carbons (Fsp3) is 0.455. The van der Waals surface area contributed by atoms with Gasteiger partial charge in [0.15, 0.2) is 5.75 Å². The van der Waals surface area contributed by atoms with E-state index < -0.39 is 27.7 Å². The monoisotopic (exact) mass is 684 g/mol. The zero-order chi connectivity index (χ0) is 35.4. The average molecular weight is 685 g/mol. The van der Waals surface area contributed by atoms with Gasteiger partial charge in [0.05, 0.1) is 31.3 Å². The number of methoxy groups -OCH3 is 1. The lowest BCUT2D eigenvalue weighted by Gasteiger charge is -2.24. The van der Waals surface area contributed by atoms with Gasteiger partial charge in [0.25, 0.3) is 5.91 Å². The molecule has 0 spiro atoms. The Kier molecular flexibility index (Phi) is 10.7. The standard InChI is InChI=1S/C33H44N6O8S/c1-20-10-11-21(29(40)36-24-17-22(32(2,3)4)18-25(28(24)44-8)38-48(9,42)43)16-26(20)45-27-12-14-34-30(37-27)35-23-13-15-39(19-23)47-31(41)46-33(5,6)7/h10-12,14,16-18,23,38H,13,15,19H2,1-9H3,(H,36,40)(H,34,35,37). The number of hydrogen-bond acceptors (Lipinski definition) is 12. The van der Waals surface area contributed by atoms with Crippen molar-refractivity contribution in [1.29, 1.82) is 0 Å². The minimum Gasteiger partial charge on any atom is -0.492 e. The van der Waals surface area contributed by atoms with Crippen molar-refractivity contribution in [3.63, 3.8) is 0 Å². The number of nitrogens with one attached hydrogen (secondary N) is 3. The van der Waals surface area contributed by atoms with Gasteiger partial charge >= 0.3 is 6.16 Å². The van der Waals surface area contributed by atoms with E-state index in [0.29, 0.717) is 42.5 Å². The van der Waals surface area contributed by atoms with Crippen LogP contribution in [0.3, 0.4) is 0 Å². The Balaban J connectivity index is 1.48. The molecule has 4 rings (SSSR count). The molecular formula is C33H44N6O8S. The average Bonchev–Trinajstić information content (AvgIpc) is 3.38. The minimum absolute atomic E-state index is 0.0848. The highest BCUT2D eigenvalue weighted by Crippen LogP contribution is 2.39. The number of ether oxygens (including phenoxy) is 3. The van der Waals surface area contributed by atoms with E-state index in [4.69, 9.17) is 19.0 Å². The molecule has 1 saturated heterocycles. The zero-order valence-electron chi connectivity index (χ0n) is 28.8. The van der Waals surface area contributed by atoms with Crippen LogP contribution in [0.1, 0.15) is 69.4 Å². The first-order valence-electron chi connectivity index (χ1n) is 15.4. The molecule has 3 aromatic rings. The number of sulfonamides is 1. The van der Waals surface area contributed by atoms with Crippen LogP contribution in [0.15, 0.2) is 42.6 Å². The number of aryl methyl sites for hydroxylation is 1. The smallest absolute Gasteiger partial charge is 0.492 e. The van der Waals surface area contributed by atoms with Gasteiger partial charge in [0.1, 0.15) is 11.4 Å². The summed E-state index contributed by atoms with van der Waals surface area (Å²) < 4.78 is 43.5. The Morgan fingerprint density at radius 3 is 2.38 bits per heavy atom. The maximum absolute atomic E-state index is 13.5. The fourth-order valence-electron chi connectivity index (χ4n) is 4.76. The molecule has 0 bridgehead atoms. The molecular weight excluding hydrogens is 640 g/mol. The first-order valence-corrected chi connectivity index (χ1v) is 17.2. The molecule has 1 atom stereocenters. The number of carbonyl (C=O) groups excluding carboxylic acids is 2. The van der Waals surface area contributed by atoms with Gasteiger partial charge in [0, 0.05) is 30.4 Å². The molecule has 1 aliphatic rings. The van der Waals surface area contributed by atoms with E-state index in [2.05, 4.69) is 25.3 Å². The summed E-state index contributed by atoms with van der Waals surface area (Å²) in [4.78, 5) is 39.6. The van der Waals surface area contributed by atoms with Crippen molar-refractivity contribution in [2.45, 2.75) is 71.9 Å². The van der Waals surface area contributed by atoms with Gasteiger partial charge in [-0.2, -0.15) is 4.98 Å². The summed E-state index contributed by atoms with van der Waals surface area (Å²) in [5.74, 6) is 0.698. The minimum atomic E-state index is -3.63. The van der Waals surface area contributed by atoms with Crippen LogP contribution in [-0.4, -0.2) is 73.6 Å². The number of carbonyl (C=O) groups is 2. The number of nitrogens with zero attached hydrogens (tertiary/aromatic N) is 3. The van der Waals surface area contributed by atoms with Gasteiger partial charge in [-0.25, -0.2) is 18.2 Å². The van der Waals surface area contributed by atoms with Crippen LogP contribution in [0.25, 0.3) is 0 Å². The lowest BCUT2D eigenvalue weighted by atomic mass is 9.86. The van der Waals surface area contributed by atoms with Gasteiger partial charge < -0.3 is 29.7 Å². The normalized spacial score (nSPS) is 15.4. The largest absolute Gasteiger partial charge is 0.528 e. The Morgan fingerprint density at radius 2 is 1.73 bits per heavy atom. The van der Waals surface area contributed by atoms with Gasteiger partial charge in [-0.3, -0.25) is 9.52 Å². The molecule has 2 heterocycles. The molecule has 0 saturated carbocycles. The van der Waals surface area contributed by atoms with E-state index in [1.807, 2.05) is 27.7 Å². The van der Waals surface area contributed by atoms with E-state index in [1.165, 1.54) is 12.2 Å². The van der Waals surface area contributed by atoms with Crippen molar-refractivity contribution in [3.05, 3.63) is 59.3 Å². The number of rotatable bonds is 10. The number of aromatic nitrogens is 2. The van der Waals surface area contributed by atoms with Crippen molar-refractivity contribution >= 4 is 39.4 Å². The highest BCUT2D eigenvalue weighted by Gasteiger charge is 2.28. The van der Waals surface area contributed by atoms with Crippen LogP contribution in [-0.2, 0) is 25.0 Å². The summed E-state index contributed by atoms with van der Waals surface area (Å²) in [5.41, 5.74) is 1.34. The van der Waals surface area contributed by atoms with E-state index >= 15 is 0 Å². The van der Waals surface area contributed by atoms with Crippen LogP contribution < -0.4 is 24.8 Å². The molecule has 3 N–H and O–H groups in total. The van der Waals surface area contributed by atoms with Crippen molar-refractivity contribution in [2.75, 3.05) is 41.8 Å².